The second kappa shape index (κ2) is 9.12. The third-order valence-electron chi connectivity index (χ3n) is 5.66. The molecule has 1 N–H and O–H groups in total. The zero-order chi connectivity index (χ0) is 21.3. The molecule has 1 amide bonds. The van der Waals surface area contributed by atoms with E-state index < -0.39 is 10.0 Å². The maximum Gasteiger partial charge on any atom is 0.244 e. The molecule has 0 spiro atoms. The van der Waals surface area contributed by atoms with Gasteiger partial charge in [-0.05, 0) is 56.7 Å². The van der Waals surface area contributed by atoms with E-state index in [-0.39, 0.29) is 34.8 Å². The van der Waals surface area contributed by atoms with Crippen LogP contribution in [-0.4, -0.2) is 36.7 Å². The Morgan fingerprint density at radius 3 is 2.63 bits per heavy atom. The molecule has 0 bridgehead atoms. The molecule has 30 heavy (non-hydrogen) atoms. The van der Waals surface area contributed by atoms with Crippen molar-refractivity contribution in [2.24, 2.45) is 5.92 Å². The zero-order valence-corrected chi connectivity index (χ0v) is 19.5. The van der Waals surface area contributed by atoms with E-state index in [4.69, 9.17) is 23.2 Å². The number of sulfonamides is 1. The number of hydrogen-bond donors (Lipinski definition) is 1. The summed E-state index contributed by atoms with van der Waals surface area (Å²) in [6.45, 7) is 0.523. The van der Waals surface area contributed by atoms with Gasteiger partial charge in [-0.2, -0.15) is 4.31 Å². The van der Waals surface area contributed by atoms with E-state index in [1.165, 1.54) is 34.2 Å². The predicted molar refractivity (Wildman–Crippen MR) is 120 cm³/mol. The fourth-order valence-corrected chi connectivity index (χ4v) is 7.22. The summed E-state index contributed by atoms with van der Waals surface area (Å²) < 4.78 is 27.3. The van der Waals surface area contributed by atoms with Crippen LogP contribution < -0.4 is 5.32 Å². The minimum Gasteiger partial charge on any atom is -0.302 e. The normalized spacial score (nSPS) is 18.6. The van der Waals surface area contributed by atoms with Crippen molar-refractivity contribution in [3.05, 3.63) is 38.8 Å². The first kappa shape index (κ1) is 22.0. The molecular formula is C20H23Cl2N3O3S2. The molecule has 1 aliphatic heterocycles. The zero-order valence-electron chi connectivity index (χ0n) is 16.4. The molecule has 2 aliphatic rings. The SMILES string of the molecule is O=C(Nc1nc2c(s1)CCCCC2)C1CCN(S(=O)(=O)c2cc(Cl)ccc2Cl)CC1. The highest BCUT2D eigenvalue weighted by atomic mass is 35.5. The van der Waals surface area contributed by atoms with E-state index in [0.29, 0.717) is 23.0 Å². The Balaban J connectivity index is 1.38. The lowest BCUT2D eigenvalue weighted by Crippen LogP contribution is -2.41. The van der Waals surface area contributed by atoms with Gasteiger partial charge in [-0.25, -0.2) is 13.4 Å². The van der Waals surface area contributed by atoms with E-state index in [1.54, 1.807) is 17.4 Å². The first-order valence-electron chi connectivity index (χ1n) is 10.1. The molecule has 1 saturated heterocycles. The van der Waals surface area contributed by atoms with E-state index in [1.807, 2.05) is 0 Å². The lowest BCUT2D eigenvalue weighted by molar-refractivity contribution is -0.120. The number of amides is 1. The highest BCUT2D eigenvalue weighted by molar-refractivity contribution is 7.89. The number of nitrogens with one attached hydrogen (secondary N) is 1. The summed E-state index contributed by atoms with van der Waals surface area (Å²) in [6, 6.07) is 4.40. The third kappa shape index (κ3) is 4.67. The molecular weight excluding hydrogens is 465 g/mol. The molecule has 162 valence electrons. The van der Waals surface area contributed by atoms with Gasteiger partial charge in [0.05, 0.1) is 10.7 Å². The standard InChI is InChI=1S/C20H23Cl2N3O3S2/c21-14-6-7-15(22)18(12-14)30(27,28)25-10-8-13(9-11-25)19(26)24-20-23-16-4-2-1-3-5-17(16)29-20/h6-7,12-13H,1-5,8-11H2,(H,23,24,26). The Kier molecular flexibility index (Phi) is 6.70. The van der Waals surface area contributed by atoms with Gasteiger partial charge in [-0.3, -0.25) is 4.79 Å². The van der Waals surface area contributed by atoms with Crippen LogP contribution in [0.4, 0.5) is 5.13 Å². The van der Waals surface area contributed by atoms with Crippen LogP contribution >= 0.6 is 34.5 Å². The highest BCUT2D eigenvalue weighted by Gasteiger charge is 2.33. The maximum atomic E-state index is 12.9. The van der Waals surface area contributed by atoms with Gasteiger partial charge in [0.1, 0.15) is 4.90 Å². The molecule has 0 saturated carbocycles. The summed E-state index contributed by atoms with van der Waals surface area (Å²) in [5.41, 5.74) is 1.12. The molecule has 0 radical (unpaired) electrons. The number of benzene rings is 1. The molecule has 2 heterocycles. The van der Waals surface area contributed by atoms with Crippen LogP contribution in [0.1, 0.15) is 42.7 Å². The van der Waals surface area contributed by atoms with Crippen molar-refractivity contribution in [1.29, 1.82) is 0 Å². The molecule has 6 nitrogen and oxygen atoms in total. The van der Waals surface area contributed by atoms with Crippen LogP contribution in [0, 0.1) is 5.92 Å². The minimum atomic E-state index is -3.75. The number of nitrogens with zero attached hydrogens (tertiary/aromatic N) is 2. The fraction of sp³-hybridized carbons (Fsp3) is 0.500. The summed E-state index contributed by atoms with van der Waals surface area (Å²) in [7, 11) is -3.75. The van der Waals surface area contributed by atoms with Gasteiger partial charge in [-0.15, -0.1) is 11.3 Å². The quantitative estimate of drug-likeness (QED) is 0.630. The number of hydrogen-bond acceptors (Lipinski definition) is 5. The van der Waals surface area contributed by atoms with Crippen LogP contribution in [0.3, 0.4) is 0 Å². The van der Waals surface area contributed by atoms with Gasteiger partial charge in [-0.1, -0.05) is 29.6 Å². The maximum absolute atomic E-state index is 12.9. The van der Waals surface area contributed by atoms with Crippen LogP contribution in [0.25, 0.3) is 0 Å². The molecule has 0 atom stereocenters. The number of carbonyl (C=O) groups is 1. The fourth-order valence-electron chi connectivity index (χ4n) is 3.96. The first-order chi connectivity index (χ1) is 14.3. The number of thiazole rings is 1. The van der Waals surface area contributed by atoms with Crippen LogP contribution in [0.15, 0.2) is 23.1 Å². The number of aryl methyl sites for hydroxylation is 2. The van der Waals surface area contributed by atoms with Gasteiger partial charge in [0.25, 0.3) is 0 Å². The number of fused-ring (bicyclic) bond motifs is 1. The number of carbonyl (C=O) groups excluding carboxylic acids is 1. The Morgan fingerprint density at radius 1 is 1.13 bits per heavy atom. The van der Waals surface area contributed by atoms with Gasteiger partial charge < -0.3 is 5.32 Å². The van der Waals surface area contributed by atoms with Crippen molar-refractivity contribution in [3.63, 3.8) is 0 Å². The second-order valence-corrected chi connectivity index (χ2v) is 11.5. The average Bonchev–Trinajstić information content (AvgIpc) is 2.97. The predicted octanol–water partition coefficient (Wildman–Crippen LogP) is 4.76. The number of halogens is 2. The summed E-state index contributed by atoms with van der Waals surface area (Å²) in [6.07, 6.45) is 6.46. The molecule has 1 aromatic carbocycles. The lowest BCUT2D eigenvalue weighted by atomic mass is 9.97. The van der Waals surface area contributed by atoms with Crippen LogP contribution in [0.5, 0.6) is 0 Å². The van der Waals surface area contributed by atoms with Crippen molar-refractivity contribution in [3.8, 4) is 0 Å². The van der Waals surface area contributed by atoms with Crippen molar-refractivity contribution < 1.29 is 13.2 Å². The minimum absolute atomic E-state index is 0.00357. The largest absolute Gasteiger partial charge is 0.302 e. The van der Waals surface area contributed by atoms with Crippen LogP contribution in [-0.2, 0) is 27.7 Å². The van der Waals surface area contributed by atoms with Gasteiger partial charge in [0, 0.05) is 28.9 Å². The Bertz CT molecular complexity index is 1020. The molecule has 1 aliphatic carbocycles. The summed E-state index contributed by atoms with van der Waals surface area (Å²) >= 11 is 13.6. The summed E-state index contributed by atoms with van der Waals surface area (Å²) in [5, 5.41) is 4.07. The third-order valence-corrected chi connectivity index (χ3v) is 9.35. The summed E-state index contributed by atoms with van der Waals surface area (Å²) in [4.78, 5) is 18.6. The van der Waals surface area contributed by atoms with Gasteiger partial charge in [0.2, 0.25) is 15.9 Å². The molecule has 1 fully saturated rings. The number of piperidine rings is 1. The first-order valence-corrected chi connectivity index (χ1v) is 13.1. The van der Waals surface area contributed by atoms with Crippen molar-refractivity contribution in [1.82, 2.24) is 9.29 Å². The van der Waals surface area contributed by atoms with E-state index in [2.05, 4.69) is 10.3 Å². The number of anilines is 1. The van der Waals surface area contributed by atoms with Crippen molar-refractivity contribution in [2.75, 3.05) is 18.4 Å². The second-order valence-electron chi connectivity index (χ2n) is 7.69. The monoisotopic (exact) mass is 487 g/mol. The Labute approximate surface area is 190 Å². The van der Waals surface area contributed by atoms with E-state index in [0.717, 1.165) is 25.0 Å². The van der Waals surface area contributed by atoms with Crippen LogP contribution in [0.2, 0.25) is 10.0 Å². The van der Waals surface area contributed by atoms with E-state index in [9.17, 15) is 13.2 Å². The Hall–Kier alpha value is -1.19. The lowest BCUT2D eigenvalue weighted by Gasteiger charge is -2.30. The van der Waals surface area contributed by atoms with Crippen molar-refractivity contribution in [2.45, 2.75) is 49.8 Å². The van der Waals surface area contributed by atoms with Crippen molar-refractivity contribution >= 4 is 55.6 Å². The molecule has 1 aromatic heterocycles. The summed E-state index contributed by atoms with van der Waals surface area (Å²) in [5.74, 6) is -0.327. The Morgan fingerprint density at radius 2 is 1.87 bits per heavy atom. The molecule has 10 heteroatoms. The topological polar surface area (TPSA) is 79.4 Å². The molecule has 4 rings (SSSR count). The van der Waals surface area contributed by atoms with Gasteiger partial charge >= 0.3 is 0 Å². The van der Waals surface area contributed by atoms with E-state index >= 15 is 0 Å². The molecule has 0 unspecified atom stereocenters. The highest BCUT2D eigenvalue weighted by Crippen LogP contribution is 2.32. The number of aromatic nitrogens is 1. The molecule has 2 aromatic rings. The smallest absolute Gasteiger partial charge is 0.244 e. The number of rotatable bonds is 4. The van der Waals surface area contributed by atoms with Gasteiger partial charge in [0.15, 0.2) is 5.13 Å². The average molecular weight is 488 g/mol.